The Morgan fingerprint density at radius 2 is 1.90 bits per heavy atom. The number of benzene rings is 1. The molecule has 1 aliphatic rings. The lowest BCUT2D eigenvalue weighted by Gasteiger charge is -2.20. The molecule has 1 unspecified atom stereocenters. The van der Waals surface area contributed by atoms with E-state index in [2.05, 4.69) is 15.5 Å². The van der Waals surface area contributed by atoms with Gasteiger partial charge in [0.15, 0.2) is 6.10 Å². The van der Waals surface area contributed by atoms with Gasteiger partial charge in [-0.3, -0.25) is 4.79 Å². The van der Waals surface area contributed by atoms with Crippen LogP contribution < -0.4 is 14.8 Å². The zero-order valence-electron chi connectivity index (χ0n) is 18.0. The van der Waals surface area contributed by atoms with E-state index >= 15 is 0 Å². The lowest BCUT2D eigenvalue weighted by atomic mass is 10.00. The lowest BCUT2D eigenvalue weighted by molar-refractivity contribution is -0.128. The molecule has 1 saturated carbocycles. The maximum atomic E-state index is 13.2. The van der Waals surface area contributed by atoms with Crippen LogP contribution in [0.15, 0.2) is 35.5 Å². The molecule has 1 heterocycles. The van der Waals surface area contributed by atoms with E-state index in [1.54, 1.807) is 27.0 Å². The highest BCUT2D eigenvalue weighted by atomic mass is 19.2. The van der Waals surface area contributed by atoms with E-state index in [0.29, 0.717) is 17.3 Å². The third kappa shape index (κ3) is 4.96. The molecular weight excluding hydrogens is 385 g/mol. The molecule has 0 radical (unpaired) electrons. The summed E-state index contributed by atoms with van der Waals surface area (Å²) < 4.78 is 24.1. The second-order valence-corrected chi connectivity index (χ2v) is 7.75. The molecule has 0 spiro atoms. The van der Waals surface area contributed by atoms with Gasteiger partial charge in [-0.2, -0.15) is 0 Å². The van der Waals surface area contributed by atoms with Crippen molar-refractivity contribution in [3.8, 4) is 11.6 Å². The fraction of sp³-hybridized carbons (Fsp3) is 0.435. The summed E-state index contributed by atoms with van der Waals surface area (Å²) in [6.07, 6.45) is 1.16. The zero-order valence-corrected chi connectivity index (χ0v) is 18.0. The number of nitrogens with one attached hydrogen (secondary N) is 1. The van der Waals surface area contributed by atoms with Crippen molar-refractivity contribution in [2.45, 2.75) is 52.7 Å². The van der Waals surface area contributed by atoms with Gasteiger partial charge in [0.2, 0.25) is 5.88 Å². The van der Waals surface area contributed by atoms with E-state index in [0.717, 1.165) is 35.3 Å². The molecule has 2 aromatic rings. The van der Waals surface area contributed by atoms with Gasteiger partial charge in [0.05, 0.1) is 24.6 Å². The molecular formula is C23H28FN3O3. The number of hydrogen-bond acceptors (Lipinski definition) is 5. The number of pyridine rings is 1. The van der Waals surface area contributed by atoms with Gasteiger partial charge < -0.3 is 14.8 Å². The minimum absolute atomic E-state index is 0.171. The quantitative estimate of drug-likeness (QED) is 0.650. The highest BCUT2D eigenvalue weighted by molar-refractivity contribution is 6.05. The minimum atomic E-state index is -0.736. The standard InChI is InChI=1S/C23H28FN3O3/c1-13-12-20(25-15(3)21(13)22(27-24)18-6-7-18)30-16(4)23(28)26-14(2)17-8-10-19(29-5)11-9-17/h8-12,14,16,18H,6-7H2,1-5H3,(H,26,28)/t14-,16?/m0/s1. The Bertz CT molecular complexity index is 916. The van der Waals surface area contributed by atoms with Gasteiger partial charge in [-0.25, -0.2) is 4.98 Å². The molecule has 1 aromatic carbocycles. The van der Waals surface area contributed by atoms with Crippen LogP contribution >= 0.6 is 0 Å². The summed E-state index contributed by atoms with van der Waals surface area (Å²) in [4.78, 5) is 17.0. The van der Waals surface area contributed by atoms with E-state index in [9.17, 15) is 9.28 Å². The maximum absolute atomic E-state index is 13.2. The first-order valence-electron chi connectivity index (χ1n) is 10.1. The molecule has 1 amide bonds. The van der Waals surface area contributed by atoms with Crippen molar-refractivity contribution in [1.82, 2.24) is 10.3 Å². The molecule has 0 bridgehead atoms. The fourth-order valence-electron chi connectivity index (χ4n) is 3.46. The van der Waals surface area contributed by atoms with Crippen molar-refractivity contribution in [3.63, 3.8) is 0 Å². The van der Waals surface area contributed by atoms with Gasteiger partial charge in [0, 0.05) is 17.5 Å². The largest absolute Gasteiger partial charge is 0.497 e. The van der Waals surface area contributed by atoms with Crippen LogP contribution in [0.3, 0.4) is 0 Å². The molecule has 1 aromatic heterocycles. The number of rotatable bonds is 8. The molecule has 7 heteroatoms. The third-order valence-corrected chi connectivity index (χ3v) is 5.33. The van der Waals surface area contributed by atoms with Gasteiger partial charge in [0.1, 0.15) is 5.75 Å². The SMILES string of the molecule is COc1ccc([C@H](C)NC(=O)C(C)Oc2cc(C)c(C(=NF)C3CC3)c(C)n2)cc1. The molecule has 2 atom stereocenters. The van der Waals surface area contributed by atoms with Gasteiger partial charge in [-0.05, 0) is 63.8 Å². The van der Waals surface area contributed by atoms with Crippen molar-refractivity contribution in [2.24, 2.45) is 11.1 Å². The number of halogens is 1. The average molecular weight is 413 g/mol. The Morgan fingerprint density at radius 3 is 2.43 bits per heavy atom. The number of methoxy groups -OCH3 is 1. The van der Waals surface area contributed by atoms with Gasteiger partial charge >= 0.3 is 0 Å². The Morgan fingerprint density at radius 1 is 1.23 bits per heavy atom. The number of amides is 1. The monoisotopic (exact) mass is 413 g/mol. The van der Waals surface area contributed by atoms with Crippen LogP contribution in [0.2, 0.25) is 0 Å². The normalized spacial score (nSPS) is 16.0. The smallest absolute Gasteiger partial charge is 0.261 e. The number of aryl methyl sites for hydroxylation is 2. The molecule has 0 saturated heterocycles. The maximum Gasteiger partial charge on any atom is 0.261 e. The van der Waals surface area contributed by atoms with E-state index in [1.165, 1.54) is 0 Å². The molecule has 3 rings (SSSR count). The summed E-state index contributed by atoms with van der Waals surface area (Å²) in [5.41, 5.74) is 3.64. The van der Waals surface area contributed by atoms with E-state index < -0.39 is 6.10 Å². The van der Waals surface area contributed by atoms with Crippen LogP contribution in [-0.2, 0) is 4.79 Å². The Hall–Kier alpha value is -2.96. The van der Waals surface area contributed by atoms with Gasteiger partial charge in [0.25, 0.3) is 5.91 Å². The third-order valence-electron chi connectivity index (χ3n) is 5.33. The Balaban J connectivity index is 1.65. The average Bonchev–Trinajstić information content (AvgIpc) is 3.55. The summed E-state index contributed by atoms with van der Waals surface area (Å²) in [6, 6.07) is 9.07. The predicted molar refractivity (Wildman–Crippen MR) is 114 cm³/mol. The minimum Gasteiger partial charge on any atom is -0.497 e. The molecule has 1 aliphatic carbocycles. The van der Waals surface area contributed by atoms with Crippen LogP contribution in [0.1, 0.15) is 55.1 Å². The van der Waals surface area contributed by atoms with Gasteiger partial charge in [-0.1, -0.05) is 21.8 Å². The highest BCUT2D eigenvalue weighted by Crippen LogP contribution is 2.35. The van der Waals surface area contributed by atoms with Crippen LogP contribution in [0.5, 0.6) is 11.6 Å². The fourth-order valence-corrected chi connectivity index (χ4v) is 3.46. The number of carbonyl (C=O) groups is 1. The molecule has 1 fully saturated rings. The summed E-state index contributed by atoms with van der Waals surface area (Å²) >= 11 is 0. The number of nitrogens with zero attached hydrogens (tertiary/aromatic N) is 2. The summed E-state index contributed by atoms with van der Waals surface area (Å²) in [6.45, 7) is 7.26. The Kier molecular flexibility index (Phi) is 6.70. The van der Waals surface area contributed by atoms with Crippen LogP contribution in [0, 0.1) is 19.8 Å². The van der Waals surface area contributed by atoms with Crippen LogP contribution in [-0.4, -0.2) is 29.8 Å². The highest BCUT2D eigenvalue weighted by Gasteiger charge is 2.31. The molecule has 30 heavy (non-hydrogen) atoms. The van der Waals surface area contributed by atoms with Crippen molar-refractivity contribution < 1.29 is 18.7 Å². The summed E-state index contributed by atoms with van der Waals surface area (Å²) in [5.74, 6) is 1.02. The van der Waals surface area contributed by atoms with Crippen LogP contribution in [0.4, 0.5) is 4.48 Å². The van der Waals surface area contributed by atoms with Crippen molar-refractivity contribution >= 4 is 11.6 Å². The van der Waals surface area contributed by atoms with E-state index in [-0.39, 0.29) is 17.9 Å². The van der Waals surface area contributed by atoms with E-state index in [4.69, 9.17) is 9.47 Å². The number of carbonyl (C=O) groups excluding carboxylic acids is 1. The first-order chi connectivity index (χ1) is 14.3. The number of aromatic nitrogens is 1. The number of ether oxygens (including phenoxy) is 2. The van der Waals surface area contributed by atoms with Crippen molar-refractivity contribution in [2.75, 3.05) is 7.11 Å². The van der Waals surface area contributed by atoms with E-state index in [1.807, 2.05) is 38.1 Å². The Labute approximate surface area is 176 Å². The molecule has 160 valence electrons. The summed E-state index contributed by atoms with van der Waals surface area (Å²) in [7, 11) is 1.61. The second kappa shape index (κ2) is 9.24. The summed E-state index contributed by atoms with van der Waals surface area (Å²) in [5, 5.41) is 5.94. The first kappa shape index (κ1) is 21.7. The predicted octanol–water partition coefficient (Wildman–Crippen LogP) is 4.44. The van der Waals surface area contributed by atoms with Crippen molar-refractivity contribution in [1.29, 1.82) is 0 Å². The molecule has 6 nitrogen and oxygen atoms in total. The molecule has 0 aliphatic heterocycles. The van der Waals surface area contributed by atoms with Crippen molar-refractivity contribution in [3.05, 3.63) is 52.7 Å². The van der Waals surface area contributed by atoms with Crippen LogP contribution in [0.25, 0.3) is 0 Å². The second-order valence-electron chi connectivity index (χ2n) is 7.75. The number of hydrogen-bond donors (Lipinski definition) is 1. The zero-order chi connectivity index (χ0) is 21.8. The topological polar surface area (TPSA) is 72.8 Å². The lowest BCUT2D eigenvalue weighted by Crippen LogP contribution is -2.38. The molecule has 1 N–H and O–H groups in total. The van der Waals surface area contributed by atoms with Gasteiger partial charge in [-0.15, -0.1) is 0 Å². The first-order valence-corrected chi connectivity index (χ1v) is 10.1.